The topological polar surface area (TPSA) is 418 Å². The summed E-state index contributed by atoms with van der Waals surface area (Å²) in [7, 11) is 0. The van der Waals surface area contributed by atoms with Crippen LogP contribution in [0.2, 0.25) is 0 Å². The summed E-state index contributed by atoms with van der Waals surface area (Å²) in [5.41, 5.74) is -3.14. The van der Waals surface area contributed by atoms with Crippen molar-refractivity contribution in [2.45, 2.75) is 242 Å². The van der Waals surface area contributed by atoms with Crippen molar-refractivity contribution < 1.29 is 129 Å². The van der Waals surface area contributed by atoms with Crippen molar-refractivity contribution in [1.29, 1.82) is 0 Å². The largest absolute Gasteiger partial charge is 0.479 e. The van der Waals surface area contributed by atoms with E-state index in [1.807, 2.05) is 0 Å². The molecule has 0 radical (unpaired) electrons. The van der Waals surface area contributed by atoms with Gasteiger partial charge in [0, 0.05) is 5.57 Å². The summed E-state index contributed by atoms with van der Waals surface area (Å²) in [6.07, 6.45) is -32.0. The number of aliphatic carboxylic acids is 1. The molecular formula is C58H90O26. The van der Waals surface area contributed by atoms with Crippen molar-refractivity contribution in [3.05, 3.63) is 23.3 Å². The lowest BCUT2D eigenvalue weighted by atomic mass is 9.33. The number of rotatable bonds is 15. The summed E-state index contributed by atoms with van der Waals surface area (Å²) in [6.45, 7) is 13.1. The third-order valence-corrected chi connectivity index (χ3v) is 22.1. The molecule has 4 heterocycles. The molecule has 8 fully saturated rings. The SMILES string of the molecule is CC=C(C)C(=O)O[C@H]1CC(C)(C)C[C@H]2C3=CC[C@@H]4[C@@]5(C)CC[C@H](O[C@@H]6O[C@H](C(=O)O)[C@@H](O)[C@H](O[C@@H]7OC[C@H](O)[C@H](O)[C@H]7O[C@@H]7O[C@H](CO)[C@@H](O)[C@H](O)[C@H]7O)[C@H]6O[C@@H]6O[C@H](CO)[C@H](O)[C@H](O)[C@H]6O)[C@@](C)(C=O)[C@@H]5CC[C@@]4(C)[C@]3(C)C[C@@H](O)[C@@]12CO. The number of hydrogen-bond acceptors (Lipinski definition) is 25. The first-order valence-electron chi connectivity index (χ1n) is 29.4. The van der Waals surface area contributed by atoms with E-state index in [1.165, 1.54) is 0 Å². The van der Waals surface area contributed by atoms with Gasteiger partial charge in [0.2, 0.25) is 0 Å². The van der Waals surface area contributed by atoms with Crippen LogP contribution >= 0.6 is 0 Å². The Morgan fingerprint density at radius 3 is 1.81 bits per heavy atom. The molecular weight excluding hydrogens is 1110 g/mol. The third-order valence-electron chi connectivity index (χ3n) is 22.1. The van der Waals surface area contributed by atoms with Crippen molar-refractivity contribution in [2.24, 2.45) is 50.2 Å². The quantitative estimate of drug-likeness (QED) is 0.0272. The van der Waals surface area contributed by atoms with E-state index in [0.717, 1.165) is 11.9 Å². The average Bonchev–Trinajstić information content (AvgIpc) is 0.764. The number of fused-ring (bicyclic) bond motifs is 7. The summed E-state index contributed by atoms with van der Waals surface area (Å²) in [5.74, 6) is -3.15. The summed E-state index contributed by atoms with van der Waals surface area (Å²) in [5, 5.41) is 154. The zero-order valence-electron chi connectivity index (χ0n) is 48.8. The summed E-state index contributed by atoms with van der Waals surface area (Å²) < 4.78 is 54.6. The fourth-order valence-electron chi connectivity index (χ4n) is 16.9. The van der Waals surface area contributed by atoms with Crippen LogP contribution in [0, 0.1) is 50.2 Å². The molecule has 0 aromatic carbocycles. The van der Waals surface area contributed by atoms with Crippen LogP contribution in [-0.2, 0) is 57.0 Å². The number of carbonyl (C=O) groups is 3. The highest BCUT2D eigenvalue weighted by atomic mass is 16.8. The van der Waals surface area contributed by atoms with Crippen molar-refractivity contribution in [3.63, 3.8) is 0 Å². The minimum absolute atomic E-state index is 0.103. The van der Waals surface area contributed by atoms with Gasteiger partial charge in [0.1, 0.15) is 97.8 Å². The van der Waals surface area contributed by atoms with Crippen LogP contribution in [-0.4, -0.2) is 251 Å². The number of carboxylic acid groups (broad SMARTS) is 1. The van der Waals surface area contributed by atoms with Gasteiger partial charge in [0.25, 0.3) is 0 Å². The molecule has 0 unspecified atom stereocenters. The van der Waals surface area contributed by atoms with E-state index in [9.17, 15) is 85.9 Å². The molecule has 9 aliphatic rings. The second-order valence-electron chi connectivity index (χ2n) is 27.1. The Morgan fingerprint density at radius 1 is 0.655 bits per heavy atom. The van der Waals surface area contributed by atoms with Gasteiger partial charge in [0.15, 0.2) is 31.3 Å². The van der Waals surface area contributed by atoms with Crippen LogP contribution in [0.25, 0.3) is 0 Å². The first-order valence-corrected chi connectivity index (χ1v) is 29.4. The van der Waals surface area contributed by atoms with E-state index in [2.05, 4.69) is 40.7 Å². The van der Waals surface area contributed by atoms with Crippen molar-refractivity contribution in [1.82, 2.24) is 0 Å². The molecule has 5 aliphatic carbocycles. The molecule has 478 valence electrons. The third kappa shape index (κ3) is 10.7. The van der Waals surface area contributed by atoms with Gasteiger partial charge < -0.3 is 119 Å². The van der Waals surface area contributed by atoms with Crippen LogP contribution in [0.3, 0.4) is 0 Å². The Kier molecular flexibility index (Phi) is 18.9. The molecule has 4 aliphatic heterocycles. The molecule has 26 heteroatoms. The molecule has 4 saturated carbocycles. The zero-order valence-corrected chi connectivity index (χ0v) is 48.8. The van der Waals surface area contributed by atoms with Gasteiger partial charge in [-0.2, -0.15) is 0 Å². The minimum Gasteiger partial charge on any atom is -0.479 e. The Labute approximate surface area is 487 Å². The maximum atomic E-state index is 14.2. The van der Waals surface area contributed by atoms with Crippen molar-refractivity contribution in [2.75, 3.05) is 26.4 Å². The van der Waals surface area contributed by atoms with Crippen LogP contribution in [0.15, 0.2) is 23.3 Å². The highest BCUT2D eigenvalue weighted by molar-refractivity contribution is 5.87. The number of esters is 1. The number of aliphatic hydroxyl groups is 13. The molecule has 26 nitrogen and oxygen atoms in total. The highest BCUT2D eigenvalue weighted by Gasteiger charge is 2.73. The molecule has 14 N–H and O–H groups in total. The van der Waals surface area contributed by atoms with Crippen molar-refractivity contribution >= 4 is 18.2 Å². The summed E-state index contributed by atoms with van der Waals surface area (Å²) in [4.78, 5) is 40.7. The zero-order chi connectivity index (χ0) is 61.7. The van der Waals surface area contributed by atoms with Crippen LogP contribution in [0.1, 0.15) is 107 Å². The number of ether oxygens (including phenoxy) is 9. The van der Waals surface area contributed by atoms with E-state index >= 15 is 0 Å². The smallest absolute Gasteiger partial charge is 0.335 e. The molecule has 0 aromatic rings. The van der Waals surface area contributed by atoms with Crippen molar-refractivity contribution in [3.8, 4) is 0 Å². The lowest BCUT2D eigenvalue weighted by Crippen LogP contribution is -2.70. The van der Waals surface area contributed by atoms with Gasteiger partial charge in [-0.1, -0.05) is 59.3 Å². The minimum atomic E-state index is -2.30. The molecule has 30 atom stereocenters. The highest BCUT2D eigenvalue weighted by Crippen LogP contribution is 2.76. The first-order chi connectivity index (χ1) is 39.4. The van der Waals surface area contributed by atoms with Gasteiger partial charge in [-0.15, -0.1) is 0 Å². The fraction of sp³-hybridized carbons (Fsp3) is 0.879. The standard InChI is InChI=1S/C58H90O26/c1-9-24(2)48(75)79-34-18-53(3,4)16-26-25-10-11-31-54(5)14-13-33(55(6,22-61)30(54)12-15-56(31,7)57(25,8)17-32(64)58(26,34)23-62)80-52-46(84-50-41(71)39(69)37(67)29(20-60)78-50)43(42(72)44(82-52)47(73)74)81-51-45(35(65)27(63)21-76-51)83-49-40(70)38(68)36(66)28(19-59)77-49/h9-10,22,26-46,49-52,59-60,62-72H,11-21,23H2,1-8H3,(H,73,74)/t26-,27-,28+,29+,30+,31+,32+,33-,34-,35-,36+,37-,38-,39-,40+,41+,42-,43-,44-,45+,46+,49-,50-,51-,52+,54-,55-,56+,57+,58-/m0/s1. The molecule has 0 amide bonds. The van der Waals surface area contributed by atoms with E-state index in [0.29, 0.717) is 44.1 Å². The summed E-state index contributed by atoms with van der Waals surface area (Å²) >= 11 is 0. The number of allylic oxidation sites excluding steroid dienone is 3. The average molecular weight is 1200 g/mol. The van der Waals surface area contributed by atoms with Gasteiger partial charge in [-0.3, -0.25) is 0 Å². The summed E-state index contributed by atoms with van der Waals surface area (Å²) in [6, 6.07) is 0. The molecule has 0 bridgehead atoms. The predicted octanol–water partition coefficient (Wildman–Crippen LogP) is -2.19. The fourth-order valence-corrected chi connectivity index (χ4v) is 16.9. The normalized spacial score (nSPS) is 52.1. The Hall–Kier alpha value is -2.75. The van der Waals surface area contributed by atoms with Gasteiger partial charge in [-0.25, -0.2) is 9.59 Å². The number of carbonyl (C=O) groups excluding carboxylic acids is 2. The van der Waals surface area contributed by atoms with Gasteiger partial charge in [0.05, 0.1) is 49.5 Å². The van der Waals surface area contributed by atoms with Crippen LogP contribution < -0.4 is 0 Å². The Balaban J connectivity index is 1.05. The molecule has 84 heavy (non-hydrogen) atoms. The Morgan fingerprint density at radius 2 is 1.25 bits per heavy atom. The second-order valence-corrected chi connectivity index (χ2v) is 27.1. The van der Waals surface area contributed by atoms with E-state index in [4.69, 9.17) is 42.6 Å². The number of carboxylic acids is 1. The molecule has 0 aromatic heterocycles. The maximum Gasteiger partial charge on any atom is 0.335 e. The Bertz CT molecular complexity index is 2440. The van der Waals surface area contributed by atoms with E-state index < -0.39 is 206 Å². The number of hydrogen-bond donors (Lipinski definition) is 14. The maximum absolute atomic E-state index is 14.2. The first kappa shape index (κ1) is 65.7. The molecule has 0 spiro atoms. The van der Waals surface area contributed by atoms with Crippen LogP contribution in [0.4, 0.5) is 0 Å². The lowest BCUT2D eigenvalue weighted by molar-refractivity contribution is -0.400. The number of aliphatic hydroxyl groups excluding tert-OH is 13. The molecule has 9 rings (SSSR count). The monoisotopic (exact) mass is 1200 g/mol. The number of aldehydes is 1. The van der Waals surface area contributed by atoms with E-state index in [-0.39, 0.29) is 30.1 Å². The molecule has 4 saturated heterocycles. The van der Waals surface area contributed by atoms with Gasteiger partial charge >= 0.3 is 11.9 Å². The predicted molar refractivity (Wildman–Crippen MR) is 284 cm³/mol. The van der Waals surface area contributed by atoms with Gasteiger partial charge in [-0.05, 0) is 105 Å². The van der Waals surface area contributed by atoms with Crippen LogP contribution in [0.5, 0.6) is 0 Å². The van der Waals surface area contributed by atoms with E-state index in [1.54, 1.807) is 26.8 Å². The second kappa shape index (κ2) is 24.2. The lowest BCUT2D eigenvalue weighted by Gasteiger charge is -2.72.